The second-order valence-corrected chi connectivity index (χ2v) is 7.12. The molecule has 1 aromatic carbocycles. The molecule has 0 fully saturated rings. The Labute approximate surface area is 157 Å². The van der Waals surface area contributed by atoms with E-state index in [4.69, 9.17) is 10.3 Å². The van der Waals surface area contributed by atoms with Gasteiger partial charge in [0.1, 0.15) is 5.76 Å². The van der Waals surface area contributed by atoms with Gasteiger partial charge in [0.25, 0.3) is 0 Å². The third-order valence-corrected chi connectivity index (χ3v) is 4.79. The molecule has 0 aliphatic rings. The van der Waals surface area contributed by atoms with Gasteiger partial charge in [-0.05, 0) is 24.3 Å². The summed E-state index contributed by atoms with van der Waals surface area (Å²) >= 11 is 4.81. The molecular formula is C16H16BrN5O2S. The average Bonchev–Trinajstić information content (AvgIpc) is 3.23. The van der Waals surface area contributed by atoms with Crippen LogP contribution in [0.3, 0.4) is 0 Å². The number of nitrogen functional groups attached to an aromatic ring is 1. The van der Waals surface area contributed by atoms with Gasteiger partial charge in [-0.15, -0.1) is 10.2 Å². The van der Waals surface area contributed by atoms with Crippen LogP contribution in [0.4, 0.5) is 0 Å². The van der Waals surface area contributed by atoms with E-state index in [0.717, 1.165) is 15.8 Å². The van der Waals surface area contributed by atoms with Crippen molar-refractivity contribution in [1.29, 1.82) is 0 Å². The minimum atomic E-state index is -0.0563. The molecule has 2 heterocycles. The number of halogens is 1. The standard InChI is InChI=1S/C16H16BrN5O2S/c17-12-4-1-3-11(9-12)15-20-21-16(22(15)18)25-8-6-14(23)19-10-13-5-2-7-24-13/h1-5,7,9H,6,8,10,18H2,(H,19,23). The van der Waals surface area contributed by atoms with Crippen LogP contribution < -0.4 is 11.2 Å². The maximum Gasteiger partial charge on any atom is 0.221 e. The Hall–Kier alpha value is -2.26. The lowest BCUT2D eigenvalue weighted by Crippen LogP contribution is -2.22. The van der Waals surface area contributed by atoms with Gasteiger partial charge in [0.05, 0.1) is 12.8 Å². The molecule has 2 aromatic heterocycles. The molecule has 3 rings (SSSR count). The lowest BCUT2D eigenvalue weighted by atomic mass is 10.2. The Morgan fingerprint density at radius 2 is 2.20 bits per heavy atom. The highest BCUT2D eigenvalue weighted by Gasteiger charge is 2.13. The molecule has 3 aromatic rings. The van der Waals surface area contributed by atoms with Gasteiger partial charge in [0.15, 0.2) is 5.82 Å². The maximum absolute atomic E-state index is 11.8. The van der Waals surface area contributed by atoms with E-state index in [9.17, 15) is 4.79 Å². The number of aromatic nitrogens is 3. The minimum Gasteiger partial charge on any atom is -0.467 e. The number of benzene rings is 1. The summed E-state index contributed by atoms with van der Waals surface area (Å²) in [5.41, 5.74) is 0.868. The van der Waals surface area contributed by atoms with E-state index >= 15 is 0 Å². The number of amides is 1. The smallest absolute Gasteiger partial charge is 0.221 e. The van der Waals surface area contributed by atoms with Gasteiger partial charge in [0.2, 0.25) is 11.1 Å². The first-order valence-electron chi connectivity index (χ1n) is 7.52. The van der Waals surface area contributed by atoms with Crippen LogP contribution in [0.1, 0.15) is 12.2 Å². The maximum atomic E-state index is 11.8. The zero-order chi connectivity index (χ0) is 17.6. The zero-order valence-electron chi connectivity index (χ0n) is 13.2. The van der Waals surface area contributed by atoms with Gasteiger partial charge in [-0.2, -0.15) is 0 Å². The Morgan fingerprint density at radius 1 is 1.32 bits per heavy atom. The summed E-state index contributed by atoms with van der Waals surface area (Å²) in [6, 6.07) is 11.3. The number of nitrogens with zero attached hydrogens (tertiary/aromatic N) is 3. The van der Waals surface area contributed by atoms with Gasteiger partial charge in [-0.3, -0.25) is 4.79 Å². The fourth-order valence-electron chi connectivity index (χ4n) is 2.12. The quantitative estimate of drug-likeness (QED) is 0.449. The number of hydrogen-bond acceptors (Lipinski definition) is 6. The van der Waals surface area contributed by atoms with E-state index in [-0.39, 0.29) is 5.91 Å². The van der Waals surface area contributed by atoms with Crippen LogP contribution in [-0.2, 0) is 11.3 Å². The molecular weight excluding hydrogens is 406 g/mol. The molecule has 25 heavy (non-hydrogen) atoms. The van der Waals surface area contributed by atoms with Gasteiger partial charge < -0.3 is 15.6 Å². The van der Waals surface area contributed by atoms with Gasteiger partial charge in [-0.25, -0.2) is 4.68 Å². The van der Waals surface area contributed by atoms with E-state index in [0.29, 0.717) is 29.7 Å². The zero-order valence-corrected chi connectivity index (χ0v) is 15.6. The molecule has 7 nitrogen and oxygen atoms in total. The van der Waals surface area contributed by atoms with E-state index < -0.39 is 0 Å². The minimum absolute atomic E-state index is 0.0563. The molecule has 0 radical (unpaired) electrons. The lowest BCUT2D eigenvalue weighted by Gasteiger charge is -2.05. The number of carbonyl (C=O) groups excluding carboxylic acids is 1. The summed E-state index contributed by atoms with van der Waals surface area (Å²) in [7, 11) is 0. The predicted molar refractivity (Wildman–Crippen MR) is 99.2 cm³/mol. The average molecular weight is 422 g/mol. The van der Waals surface area contributed by atoms with Crippen LogP contribution in [0, 0.1) is 0 Å². The monoisotopic (exact) mass is 421 g/mol. The van der Waals surface area contributed by atoms with Crippen molar-refractivity contribution < 1.29 is 9.21 Å². The Bertz CT molecular complexity index is 850. The summed E-state index contributed by atoms with van der Waals surface area (Å²) < 4.78 is 7.54. The number of hydrogen-bond donors (Lipinski definition) is 2. The van der Waals surface area contributed by atoms with Crippen LogP contribution in [0.2, 0.25) is 0 Å². The molecule has 3 N–H and O–H groups in total. The third kappa shape index (κ3) is 4.64. The normalized spacial score (nSPS) is 10.8. The number of thioether (sulfide) groups is 1. The first-order chi connectivity index (χ1) is 12.1. The molecule has 0 aliphatic carbocycles. The van der Waals surface area contributed by atoms with Crippen molar-refractivity contribution in [3.8, 4) is 11.4 Å². The highest BCUT2D eigenvalue weighted by molar-refractivity contribution is 9.10. The lowest BCUT2D eigenvalue weighted by molar-refractivity contribution is -0.120. The van der Waals surface area contributed by atoms with Crippen molar-refractivity contribution in [1.82, 2.24) is 20.2 Å². The number of nitrogens with one attached hydrogen (secondary N) is 1. The Morgan fingerprint density at radius 3 is 2.96 bits per heavy atom. The van der Waals surface area contributed by atoms with Crippen LogP contribution in [0.5, 0.6) is 0 Å². The molecule has 9 heteroatoms. The second kappa shape index (κ2) is 8.21. The molecule has 130 valence electrons. The van der Waals surface area contributed by atoms with E-state index in [1.807, 2.05) is 30.3 Å². The molecule has 0 spiro atoms. The molecule has 1 amide bonds. The second-order valence-electron chi connectivity index (χ2n) is 5.14. The fraction of sp³-hybridized carbons (Fsp3) is 0.188. The summed E-state index contributed by atoms with van der Waals surface area (Å²) in [6.45, 7) is 0.386. The number of carbonyl (C=O) groups is 1. The Kier molecular flexibility index (Phi) is 5.77. The Balaban J connectivity index is 1.51. The number of nitrogens with two attached hydrogens (primary N) is 1. The SMILES string of the molecule is Nn1c(SCCC(=O)NCc2ccco2)nnc1-c1cccc(Br)c1. The molecule has 0 saturated carbocycles. The first kappa shape index (κ1) is 17.6. The van der Waals surface area contributed by atoms with E-state index in [1.165, 1.54) is 16.4 Å². The summed E-state index contributed by atoms with van der Waals surface area (Å²) in [4.78, 5) is 11.8. The van der Waals surface area contributed by atoms with Crippen LogP contribution in [-0.4, -0.2) is 26.5 Å². The van der Waals surface area contributed by atoms with E-state index in [1.54, 1.807) is 12.3 Å². The molecule has 0 aliphatic heterocycles. The highest BCUT2D eigenvalue weighted by Crippen LogP contribution is 2.24. The molecule has 0 bridgehead atoms. The summed E-state index contributed by atoms with van der Waals surface area (Å²) in [5, 5.41) is 11.6. The van der Waals surface area contributed by atoms with Gasteiger partial charge in [0, 0.05) is 22.2 Å². The van der Waals surface area contributed by atoms with Crippen molar-refractivity contribution in [2.24, 2.45) is 0 Å². The first-order valence-corrected chi connectivity index (χ1v) is 9.29. The van der Waals surface area contributed by atoms with Crippen molar-refractivity contribution in [2.75, 3.05) is 11.6 Å². The number of rotatable bonds is 7. The van der Waals surface area contributed by atoms with Crippen molar-refractivity contribution in [2.45, 2.75) is 18.1 Å². The molecule has 0 unspecified atom stereocenters. The van der Waals surface area contributed by atoms with Crippen LogP contribution in [0.15, 0.2) is 56.7 Å². The van der Waals surface area contributed by atoms with Crippen molar-refractivity contribution in [3.05, 3.63) is 52.9 Å². The number of furan rings is 1. The summed E-state index contributed by atoms with van der Waals surface area (Å²) in [5.74, 6) is 7.86. The van der Waals surface area contributed by atoms with Crippen LogP contribution in [0.25, 0.3) is 11.4 Å². The fourth-order valence-corrected chi connectivity index (χ4v) is 3.32. The van der Waals surface area contributed by atoms with Crippen molar-refractivity contribution in [3.63, 3.8) is 0 Å². The highest BCUT2D eigenvalue weighted by atomic mass is 79.9. The third-order valence-electron chi connectivity index (χ3n) is 3.35. The summed E-state index contributed by atoms with van der Waals surface area (Å²) in [6.07, 6.45) is 1.93. The van der Waals surface area contributed by atoms with Gasteiger partial charge >= 0.3 is 0 Å². The van der Waals surface area contributed by atoms with E-state index in [2.05, 4.69) is 31.4 Å². The largest absolute Gasteiger partial charge is 0.467 e. The molecule has 0 atom stereocenters. The van der Waals surface area contributed by atoms with Crippen LogP contribution >= 0.6 is 27.7 Å². The topological polar surface area (TPSA) is 99.0 Å². The van der Waals surface area contributed by atoms with Crippen molar-refractivity contribution >= 4 is 33.6 Å². The predicted octanol–water partition coefficient (Wildman–Crippen LogP) is 2.81. The van der Waals surface area contributed by atoms with Gasteiger partial charge in [-0.1, -0.05) is 39.8 Å². The molecule has 0 saturated heterocycles.